The lowest BCUT2D eigenvalue weighted by molar-refractivity contribution is 0.566. The van der Waals surface area contributed by atoms with Crippen molar-refractivity contribution in [3.05, 3.63) is 35.1 Å². The first-order valence-corrected chi connectivity index (χ1v) is 7.26. The zero-order valence-electron chi connectivity index (χ0n) is 10.1. The molecule has 0 bridgehead atoms. The number of halogens is 1. The molecular formula is C11H15FN2O2S2. The molecule has 0 spiro atoms. The van der Waals surface area contributed by atoms with Crippen molar-refractivity contribution in [2.24, 2.45) is 5.73 Å². The Morgan fingerprint density at radius 2 is 2.11 bits per heavy atom. The van der Waals surface area contributed by atoms with E-state index in [9.17, 15) is 12.8 Å². The number of nitrogens with one attached hydrogen (secondary N) is 1. The van der Waals surface area contributed by atoms with Gasteiger partial charge in [-0.2, -0.15) is 0 Å². The van der Waals surface area contributed by atoms with Crippen LogP contribution < -0.4 is 10.5 Å². The highest BCUT2D eigenvalue weighted by atomic mass is 32.2. The van der Waals surface area contributed by atoms with Crippen molar-refractivity contribution >= 4 is 27.2 Å². The van der Waals surface area contributed by atoms with Crippen LogP contribution in [0.1, 0.15) is 25.0 Å². The Kier molecular flexibility index (Phi) is 4.78. The third kappa shape index (κ3) is 3.72. The van der Waals surface area contributed by atoms with Gasteiger partial charge in [-0.3, -0.25) is 0 Å². The molecule has 0 aliphatic rings. The molecule has 0 unspecified atom stereocenters. The van der Waals surface area contributed by atoms with Crippen molar-refractivity contribution in [1.29, 1.82) is 0 Å². The van der Waals surface area contributed by atoms with Crippen molar-refractivity contribution in [2.45, 2.75) is 25.6 Å². The maximum atomic E-state index is 13.6. The molecule has 4 nitrogen and oxygen atoms in total. The summed E-state index contributed by atoms with van der Waals surface area (Å²) < 4.78 is 39.0. The molecule has 0 heterocycles. The minimum Gasteiger partial charge on any atom is -0.389 e. The van der Waals surface area contributed by atoms with Gasteiger partial charge in [0.05, 0.1) is 5.25 Å². The van der Waals surface area contributed by atoms with Crippen LogP contribution >= 0.6 is 12.2 Å². The molecule has 1 aromatic carbocycles. The highest BCUT2D eigenvalue weighted by Gasteiger charge is 2.16. The van der Waals surface area contributed by atoms with E-state index in [1.165, 1.54) is 12.1 Å². The molecule has 0 fully saturated rings. The first-order valence-electron chi connectivity index (χ1n) is 5.30. The number of thiocarbonyl (C=S) groups is 1. The summed E-state index contributed by atoms with van der Waals surface area (Å²) >= 11 is 4.72. The van der Waals surface area contributed by atoms with E-state index in [0.717, 1.165) is 0 Å². The monoisotopic (exact) mass is 290 g/mol. The van der Waals surface area contributed by atoms with Gasteiger partial charge in [-0.15, -0.1) is 0 Å². The third-order valence-electron chi connectivity index (χ3n) is 2.42. The fourth-order valence-corrected chi connectivity index (χ4v) is 2.01. The van der Waals surface area contributed by atoms with E-state index in [1.807, 2.05) is 0 Å². The Morgan fingerprint density at radius 3 is 2.56 bits per heavy atom. The number of benzene rings is 1. The summed E-state index contributed by atoms with van der Waals surface area (Å²) in [5.41, 5.74) is 6.03. The van der Waals surface area contributed by atoms with Crippen LogP contribution in [-0.2, 0) is 16.6 Å². The SMILES string of the molecule is CC(C)S(=O)(=O)NCc1ccc(C(N)=S)cc1F. The second kappa shape index (κ2) is 5.73. The first-order chi connectivity index (χ1) is 8.24. The molecule has 100 valence electrons. The molecule has 0 atom stereocenters. The topological polar surface area (TPSA) is 72.2 Å². The molecule has 0 aliphatic heterocycles. The van der Waals surface area contributed by atoms with Crippen LogP contribution in [0.3, 0.4) is 0 Å². The van der Waals surface area contributed by atoms with E-state index >= 15 is 0 Å². The predicted molar refractivity (Wildman–Crippen MR) is 73.2 cm³/mol. The smallest absolute Gasteiger partial charge is 0.214 e. The highest BCUT2D eigenvalue weighted by Crippen LogP contribution is 2.11. The molecule has 0 aliphatic carbocycles. The average molecular weight is 290 g/mol. The number of sulfonamides is 1. The van der Waals surface area contributed by atoms with Gasteiger partial charge in [0.2, 0.25) is 10.0 Å². The van der Waals surface area contributed by atoms with Crippen LogP contribution in [0.2, 0.25) is 0 Å². The molecule has 18 heavy (non-hydrogen) atoms. The summed E-state index contributed by atoms with van der Waals surface area (Å²) in [6, 6.07) is 4.22. The lowest BCUT2D eigenvalue weighted by Crippen LogP contribution is -2.30. The van der Waals surface area contributed by atoms with Crippen LogP contribution in [0.5, 0.6) is 0 Å². The highest BCUT2D eigenvalue weighted by molar-refractivity contribution is 7.90. The molecule has 0 radical (unpaired) electrons. The largest absolute Gasteiger partial charge is 0.389 e. The normalized spacial score (nSPS) is 11.8. The van der Waals surface area contributed by atoms with Gasteiger partial charge in [-0.25, -0.2) is 17.5 Å². The van der Waals surface area contributed by atoms with Gasteiger partial charge in [-0.05, 0) is 19.9 Å². The van der Waals surface area contributed by atoms with E-state index < -0.39 is 21.1 Å². The number of rotatable bonds is 5. The molecule has 1 aromatic rings. The Bertz CT molecular complexity index is 556. The maximum absolute atomic E-state index is 13.6. The summed E-state index contributed by atoms with van der Waals surface area (Å²) in [6.07, 6.45) is 0. The summed E-state index contributed by atoms with van der Waals surface area (Å²) in [6.45, 7) is 3.01. The number of hydrogen-bond acceptors (Lipinski definition) is 3. The summed E-state index contributed by atoms with van der Waals surface area (Å²) in [4.78, 5) is 0.100. The second-order valence-electron chi connectivity index (χ2n) is 4.09. The van der Waals surface area contributed by atoms with Gasteiger partial charge in [0, 0.05) is 17.7 Å². The van der Waals surface area contributed by atoms with E-state index in [2.05, 4.69) is 4.72 Å². The van der Waals surface area contributed by atoms with Crippen molar-refractivity contribution in [3.8, 4) is 0 Å². The third-order valence-corrected chi connectivity index (χ3v) is 4.45. The van der Waals surface area contributed by atoms with Gasteiger partial charge >= 0.3 is 0 Å². The quantitative estimate of drug-likeness (QED) is 0.802. The van der Waals surface area contributed by atoms with Crippen LogP contribution in [0, 0.1) is 5.82 Å². The summed E-state index contributed by atoms with van der Waals surface area (Å²) in [5.74, 6) is -0.535. The lowest BCUT2D eigenvalue weighted by atomic mass is 10.1. The van der Waals surface area contributed by atoms with Gasteiger partial charge in [0.15, 0.2) is 0 Å². The Hall–Kier alpha value is -1.05. The zero-order valence-corrected chi connectivity index (χ0v) is 11.7. The molecule has 7 heteroatoms. The molecule has 1 rings (SSSR count). The Balaban J connectivity index is 2.84. The first kappa shape index (κ1) is 15.0. The van der Waals surface area contributed by atoms with Gasteiger partial charge in [-0.1, -0.05) is 24.4 Å². The molecule has 3 N–H and O–H groups in total. The van der Waals surface area contributed by atoms with E-state index in [4.69, 9.17) is 18.0 Å². The van der Waals surface area contributed by atoms with Crippen LogP contribution in [0.25, 0.3) is 0 Å². The van der Waals surface area contributed by atoms with Crippen LogP contribution in [0.15, 0.2) is 18.2 Å². The van der Waals surface area contributed by atoms with Crippen LogP contribution in [-0.4, -0.2) is 18.7 Å². The fraction of sp³-hybridized carbons (Fsp3) is 0.364. The predicted octanol–water partition coefficient (Wildman–Crippen LogP) is 1.29. The standard InChI is InChI=1S/C11H15FN2O2S2/c1-7(2)18(15,16)14-6-9-4-3-8(11(13)17)5-10(9)12/h3-5,7,14H,6H2,1-2H3,(H2,13,17). The van der Waals surface area contributed by atoms with Crippen molar-refractivity contribution in [3.63, 3.8) is 0 Å². The van der Waals surface area contributed by atoms with Crippen molar-refractivity contribution in [1.82, 2.24) is 4.72 Å². The molecule has 0 amide bonds. The van der Waals surface area contributed by atoms with Crippen molar-refractivity contribution in [2.75, 3.05) is 0 Å². The molecule has 0 aromatic heterocycles. The zero-order chi connectivity index (χ0) is 13.9. The summed E-state index contributed by atoms with van der Waals surface area (Å²) in [7, 11) is -3.41. The molecule has 0 saturated carbocycles. The fourth-order valence-electron chi connectivity index (χ4n) is 1.19. The van der Waals surface area contributed by atoms with Gasteiger partial charge in [0.25, 0.3) is 0 Å². The van der Waals surface area contributed by atoms with Gasteiger partial charge in [0.1, 0.15) is 10.8 Å². The van der Waals surface area contributed by atoms with E-state index in [1.54, 1.807) is 19.9 Å². The van der Waals surface area contributed by atoms with E-state index in [0.29, 0.717) is 5.56 Å². The van der Waals surface area contributed by atoms with Crippen molar-refractivity contribution < 1.29 is 12.8 Å². The number of nitrogens with two attached hydrogens (primary N) is 1. The van der Waals surface area contributed by atoms with Crippen LogP contribution in [0.4, 0.5) is 4.39 Å². The summed E-state index contributed by atoms with van der Waals surface area (Å²) in [5, 5.41) is -0.559. The maximum Gasteiger partial charge on any atom is 0.214 e. The number of hydrogen-bond donors (Lipinski definition) is 2. The minimum absolute atomic E-state index is 0.0933. The van der Waals surface area contributed by atoms with E-state index in [-0.39, 0.29) is 17.1 Å². The van der Waals surface area contributed by atoms with Gasteiger partial charge < -0.3 is 5.73 Å². The average Bonchev–Trinajstić information content (AvgIpc) is 2.26. The minimum atomic E-state index is -3.41. The second-order valence-corrected chi connectivity index (χ2v) is 6.85. The lowest BCUT2D eigenvalue weighted by Gasteiger charge is -2.10. The Labute approximate surface area is 111 Å². The molecule has 0 saturated heterocycles. The Morgan fingerprint density at radius 1 is 1.50 bits per heavy atom. The molecular weight excluding hydrogens is 275 g/mol.